The van der Waals surface area contributed by atoms with Crippen LogP contribution in [0, 0.1) is 48.5 Å². The number of carbonyl (C=O) groups excluding carboxylic acids is 1. The summed E-state index contributed by atoms with van der Waals surface area (Å²) in [5, 5.41) is 26.5. The molecule has 11 aromatic rings. The largest absolute Gasteiger partial charge is 0.741 e. The molecular formula is C68H61BBrCl8F3N4O6S5. The van der Waals surface area contributed by atoms with Crippen LogP contribution in [0.5, 0.6) is 0 Å². The summed E-state index contributed by atoms with van der Waals surface area (Å²) in [6.45, 7) is 22.1. The first kappa shape index (κ1) is 80.5. The third-order valence-electron chi connectivity index (χ3n) is 14.1. The first-order valence-electron chi connectivity index (χ1n) is 28.4. The Bertz CT molecular complexity index is 4840. The number of thiazole rings is 3. The molecule has 0 amide bonds. The van der Waals surface area contributed by atoms with Crippen LogP contribution in [-0.4, -0.2) is 57.9 Å². The van der Waals surface area contributed by atoms with Crippen LogP contribution in [0.25, 0.3) is 64.0 Å². The molecule has 0 atom stereocenters. The van der Waals surface area contributed by atoms with E-state index >= 15 is 0 Å². The summed E-state index contributed by atoms with van der Waals surface area (Å²) in [5.74, 6) is 0.0477. The summed E-state index contributed by atoms with van der Waals surface area (Å²) in [6, 6.07) is 38.4. The van der Waals surface area contributed by atoms with Gasteiger partial charge in [-0.3, -0.25) is 4.79 Å². The number of alkyl halides is 3. The van der Waals surface area contributed by atoms with E-state index in [9.17, 15) is 18.0 Å². The molecule has 0 saturated carbocycles. The predicted molar refractivity (Wildman–Crippen MR) is 407 cm³/mol. The normalized spacial score (nSPS) is 12.1. The molecule has 0 saturated heterocycles. The van der Waals surface area contributed by atoms with Gasteiger partial charge in [0, 0.05) is 97.4 Å². The number of halogens is 12. The molecule has 0 fully saturated rings. The molecule has 12 rings (SSSR count). The van der Waals surface area contributed by atoms with Gasteiger partial charge >= 0.3 is 12.6 Å². The standard InChI is InChI=1S/C19H17Cl2NOS.C17H16Cl2NS.C15H11Cl2NS.C9H8BrNS.C6H5BCl2O2.CHF3O3S.CH4/c1-4-22-17(9-12(3)23)24-16-8-5-11(2)18(19(16)22)14-7-6-13(20)10-15(14)21;1-4-20-11(3)21-15-8-5-10(2)16(17(15)20)13-7-6-12(18)9-14(13)19;1-8-3-6-13-15(18-9(2)19-13)14(8)11-5-4-10(16)7-12(11)17;1-5-3-4-7-9(8(5)10)11-6(2)12-7;8-4-1-2-5(7(10)11)6(9)3-4;2-1(3,4)8(5,6)7;/h5-10H,4H2,1-3H3;5-9H,4H2,1-3H3;3-7H,1-2H3;3-4H,1-2H3;1-3,10-11H;(H,5,6,7);1H4/q;+1;;;;;/p-1/b17-9-;;;;;;. The molecule has 8 aromatic carbocycles. The monoisotopic (exact) mass is 1620 g/mol. The molecule has 10 nitrogen and oxygen atoms in total. The van der Waals surface area contributed by atoms with Crippen LogP contribution in [0.3, 0.4) is 0 Å². The van der Waals surface area contributed by atoms with Crippen molar-refractivity contribution < 1.29 is 45.6 Å². The zero-order chi connectivity index (χ0) is 70.3. The summed E-state index contributed by atoms with van der Waals surface area (Å²) in [4.78, 5) is 24.0. The first-order valence-corrected chi connectivity index (χ1v) is 36.9. The lowest BCUT2D eigenvalue weighted by atomic mass is 9.80. The van der Waals surface area contributed by atoms with Crippen LogP contribution < -0.4 is 14.9 Å². The van der Waals surface area contributed by atoms with Gasteiger partial charge in [-0.1, -0.05) is 172 Å². The van der Waals surface area contributed by atoms with Crippen LogP contribution in [0.2, 0.25) is 40.2 Å². The Morgan fingerprint density at radius 1 is 0.615 bits per heavy atom. The van der Waals surface area contributed by atoms with E-state index in [1.807, 2.05) is 67.6 Å². The first-order chi connectivity index (χ1) is 44.5. The number of ketones is 1. The van der Waals surface area contributed by atoms with E-state index in [-0.39, 0.29) is 23.7 Å². The zero-order valence-corrected chi connectivity index (χ0v) is 63.7. The molecule has 0 aliphatic carbocycles. The number of nitrogens with zero attached hydrogens (tertiary/aromatic N) is 4. The highest BCUT2D eigenvalue weighted by atomic mass is 79.9. The second-order valence-electron chi connectivity index (χ2n) is 20.9. The molecule has 0 radical (unpaired) electrons. The van der Waals surface area contributed by atoms with E-state index < -0.39 is 22.7 Å². The lowest BCUT2D eigenvalue weighted by molar-refractivity contribution is -0.669. The predicted octanol–water partition coefficient (Wildman–Crippen LogP) is 23.1. The van der Waals surface area contributed by atoms with Crippen LogP contribution >= 0.6 is 155 Å². The van der Waals surface area contributed by atoms with E-state index in [0.29, 0.717) is 35.2 Å². The van der Waals surface area contributed by atoms with E-state index in [1.54, 1.807) is 65.6 Å². The van der Waals surface area contributed by atoms with E-state index in [2.05, 4.69) is 132 Å². The van der Waals surface area contributed by atoms with Gasteiger partial charge in [0.25, 0.3) is 0 Å². The Morgan fingerprint density at radius 3 is 1.49 bits per heavy atom. The van der Waals surface area contributed by atoms with E-state index in [1.165, 1.54) is 59.0 Å². The number of thioether (sulfide) groups is 1. The maximum atomic E-state index is 11.6. The molecule has 3 aromatic heterocycles. The lowest BCUT2D eigenvalue weighted by Gasteiger charge is -2.23. The summed E-state index contributed by atoms with van der Waals surface area (Å²) in [7, 11) is -7.63. The molecule has 2 N–H and O–H groups in total. The molecule has 0 unspecified atom stereocenters. The van der Waals surface area contributed by atoms with Crippen LogP contribution in [0.4, 0.5) is 18.9 Å². The molecule has 1 aliphatic heterocycles. The van der Waals surface area contributed by atoms with Crippen molar-refractivity contribution >= 4 is 219 Å². The van der Waals surface area contributed by atoms with Gasteiger partial charge in [0.2, 0.25) is 10.5 Å². The van der Waals surface area contributed by atoms with Crippen molar-refractivity contribution in [2.24, 2.45) is 0 Å². The molecule has 0 bridgehead atoms. The smallest absolute Gasteiger partial charge is 0.489 e. The average molecular weight is 1620 g/mol. The van der Waals surface area contributed by atoms with Gasteiger partial charge in [-0.05, 0) is 173 Å². The molecule has 0 spiro atoms. The van der Waals surface area contributed by atoms with Crippen molar-refractivity contribution in [3.05, 3.63) is 214 Å². The van der Waals surface area contributed by atoms with Crippen molar-refractivity contribution in [3.63, 3.8) is 0 Å². The van der Waals surface area contributed by atoms with Crippen molar-refractivity contribution in [3.8, 4) is 33.4 Å². The number of carbonyl (C=O) groups is 1. The fourth-order valence-corrected chi connectivity index (χ4v) is 16.4. The van der Waals surface area contributed by atoms with E-state index in [0.717, 1.165) is 87.6 Å². The number of fused-ring (bicyclic) bond motifs is 4. The quantitative estimate of drug-likeness (QED) is 0.0519. The number of rotatable bonds is 7. The number of benzene rings is 8. The Hall–Kier alpha value is -4.53. The van der Waals surface area contributed by atoms with Crippen molar-refractivity contribution in [2.75, 3.05) is 11.4 Å². The molecular weight excluding hydrogens is 1560 g/mol. The molecule has 96 heavy (non-hydrogen) atoms. The highest BCUT2D eigenvalue weighted by Crippen LogP contribution is 2.53. The van der Waals surface area contributed by atoms with Crippen molar-refractivity contribution in [2.45, 2.75) is 93.6 Å². The van der Waals surface area contributed by atoms with E-state index in [4.69, 9.17) is 116 Å². The number of aryl methyl sites for hydroxylation is 8. The van der Waals surface area contributed by atoms with Gasteiger partial charge < -0.3 is 19.5 Å². The van der Waals surface area contributed by atoms with Crippen molar-refractivity contribution in [1.82, 2.24) is 9.97 Å². The highest BCUT2D eigenvalue weighted by Gasteiger charge is 2.37. The maximum Gasteiger partial charge on any atom is 0.489 e. The zero-order valence-electron chi connectivity index (χ0n) is 52.0. The Labute approximate surface area is 621 Å². The summed E-state index contributed by atoms with van der Waals surface area (Å²) in [6.07, 6.45) is 1.69. The Kier molecular flexibility index (Phi) is 29.1. The number of allylic oxidation sites excluding steroid dienone is 1. The topological polar surface area (TPSA) is 148 Å². The third kappa shape index (κ3) is 19.7. The third-order valence-corrected chi connectivity index (χ3v) is 21.9. The molecule has 506 valence electrons. The van der Waals surface area contributed by atoms with Crippen LogP contribution in [-0.2, 0) is 21.5 Å². The number of anilines is 1. The second-order valence-corrected chi connectivity index (χ2v) is 31.2. The SMILES string of the molecule is C.CCN1/C(=C/C(C)=O)Sc2ccc(C)c(-c3ccc(Cl)cc3Cl)c21.CC[n+]1c(C)sc2ccc(C)c(-c3ccc(Cl)cc3Cl)c21.Cc1nc2c(-c3ccc(Cl)cc3Cl)c(C)ccc2s1.Cc1nc2c(Br)c(C)ccc2s1.O=S(=O)([O-])C(F)(F)F.OB(O)c1ccc(Cl)cc1Cl. The molecule has 4 heterocycles. The summed E-state index contributed by atoms with van der Waals surface area (Å²) in [5.41, 5.74) is 10.3. The van der Waals surface area contributed by atoms with Gasteiger partial charge in [0.1, 0.15) is 11.2 Å². The summed E-state index contributed by atoms with van der Waals surface area (Å²) >= 11 is 58.9. The maximum absolute atomic E-state index is 11.6. The van der Waals surface area contributed by atoms with Gasteiger partial charge in [-0.2, -0.15) is 17.7 Å². The van der Waals surface area contributed by atoms with Crippen LogP contribution in [0.15, 0.2) is 142 Å². The van der Waals surface area contributed by atoms with Gasteiger partial charge in [-0.15, -0.1) is 22.7 Å². The Balaban J connectivity index is 0.000000188. The number of hydrogen-bond acceptors (Lipinski definition) is 13. The minimum atomic E-state index is -6.09. The summed E-state index contributed by atoms with van der Waals surface area (Å²) < 4.78 is 66.1. The minimum Gasteiger partial charge on any atom is -0.741 e. The van der Waals surface area contributed by atoms with Gasteiger partial charge in [0.05, 0.1) is 51.8 Å². The fourth-order valence-electron chi connectivity index (χ4n) is 9.86. The Morgan fingerprint density at radius 2 is 1.03 bits per heavy atom. The minimum absolute atomic E-state index is 0. The fraction of sp³-hybridized carbons (Fsp3) is 0.206. The highest BCUT2D eigenvalue weighted by molar-refractivity contribution is 9.10. The number of aromatic nitrogens is 3. The molecule has 28 heteroatoms. The lowest BCUT2D eigenvalue weighted by Crippen LogP contribution is -2.33. The van der Waals surface area contributed by atoms with Crippen LogP contribution in [0.1, 0.15) is 65.5 Å². The number of hydrogen-bond donors (Lipinski definition) is 2. The van der Waals surface area contributed by atoms with Gasteiger partial charge in [-0.25, -0.2) is 18.4 Å². The van der Waals surface area contributed by atoms with Gasteiger partial charge in [0.15, 0.2) is 15.9 Å². The second kappa shape index (κ2) is 34.7. The molecule has 1 aliphatic rings. The average Bonchev–Trinajstić information content (AvgIpc) is 1.61. The van der Waals surface area contributed by atoms with Crippen molar-refractivity contribution in [1.29, 1.82) is 0 Å².